The third-order valence-electron chi connectivity index (χ3n) is 2.89. The molecule has 8 heteroatoms. The van der Waals surface area contributed by atoms with Gasteiger partial charge in [-0.05, 0) is 12.5 Å². The molecule has 0 atom stereocenters. The minimum Gasteiger partial charge on any atom is -0.351 e. The molecule has 112 valence electrons. The van der Waals surface area contributed by atoms with Crippen LogP contribution in [-0.2, 0) is 6.42 Å². The molecule has 6 nitrogen and oxygen atoms in total. The summed E-state index contributed by atoms with van der Waals surface area (Å²) in [6.45, 7) is 1.93. The van der Waals surface area contributed by atoms with Gasteiger partial charge in [0.25, 0.3) is 5.91 Å². The maximum atomic E-state index is 12.0. The molecule has 0 bridgehead atoms. The molecule has 2 aromatic heterocycles. The third-order valence-corrected chi connectivity index (χ3v) is 4.10. The number of benzene rings is 1. The number of nitrogens with one attached hydrogen (secondary N) is 1. The second-order valence-electron chi connectivity index (χ2n) is 4.38. The van der Waals surface area contributed by atoms with Crippen LogP contribution < -0.4 is 5.32 Å². The number of halogens is 1. The van der Waals surface area contributed by atoms with Crippen molar-refractivity contribution in [3.8, 4) is 10.6 Å². The van der Waals surface area contributed by atoms with Gasteiger partial charge in [0, 0.05) is 11.6 Å². The number of amides is 1. The molecule has 3 aromatic rings. The smallest absolute Gasteiger partial charge is 0.296 e. The topological polar surface area (TPSA) is 80.9 Å². The van der Waals surface area contributed by atoms with Crippen molar-refractivity contribution < 1.29 is 9.32 Å². The highest BCUT2D eigenvalue weighted by Crippen LogP contribution is 2.31. The van der Waals surface area contributed by atoms with Gasteiger partial charge in [0.05, 0.1) is 10.7 Å². The summed E-state index contributed by atoms with van der Waals surface area (Å²) in [4.78, 5) is 12.0. The first-order valence-corrected chi connectivity index (χ1v) is 7.72. The van der Waals surface area contributed by atoms with Crippen LogP contribution in [0.3, 0.4) is 0 Å². The summed E-state index contributed by atoms with van der Waals surface area (Å²) in [5, 5.41) is 16.0. The van der Waals surface area contributed by atoms with Gasteiger partial charge in [-0.3, -0.25) is 10.1 Å². The number of carbonyl (C=O) groups excluding carboxylic acids is 1. The van der Waals surface area contributed by atoms with Crippen molar-refractivity contribution in [2.75, 3.05) is 5.32 Å². The van der Waals surface area contributed by atoms with Crippen molar-refractivity contribution in [2.24, 2.45) is 0 Å². The molecule has 0 saturated heterocycles. The molecule has 1 aromatic carbocycles. The molecule has 0 radical (unpaired) electrons. The molecule has 0 spiro atoms. The van der Waals surface area contributed by atoms with Gasteiger partial charge in [0.1, 0.15) is 0 Å². The van der Waals surface area contributed by atoms with Gasteiger partial charge in [-0.2, -0.15) is 0 Å². The van der Waals surface area contributed by atoms with E-state index in [1.807, 2.05) is 25.1 Å². The number of hydrogen-bond acceptors (Lipinski definition) is 6. The number of aromatic nitrogens is 3. The van der Waals surface area contributed by atoms with E-state index in [9.17, 15) is 4.79 Å². The molecule has 22 heavy (non-hydrogen) atoms. The van der Waals surface area contributed by atoms with E-state index < -0.39 is 5.91 Å². The Labute approximate surface area is 135 Å². The van der Waals surface area contributed by atoms with E-state index in [0.29, 0.717) is 21.6 Å². The lowest BCUT2D eigenvalue weighted by molar-refractivity contribution is 0.0987. The van der Waals surface area contributed by atoms with Crippen molar-refractivity contribution in [1.82, 2.24) is 15.4 Å². The largest absolute Gasteiger partial charge is 0.351 e. The fraction of sp³-hybridized carbons (Fsp3) is 0.143. The van der Waals surface area contributed by atoms with Crippen LogP contribution in [0.25, 0.3) is 10.6 Å². The summed E-state index contributed by atoms with van der Waals surface area (Å²) in [5.74, 6) is -0.264. The van der Waals surface area contributed by atoms with Crippen molar-refractivity contribution in [2.45, 2.75) is 13.3 Å². The predicted molar refractivity (Wildman–Crippen MR) is 84.2 cm³/mol. The average Bonchev–Trinajstić information content (AvgIpc) is 3.16. The molecule has 0 aliphatic rings. The second-order valence-corrected chi connectivity index (χ2v) is 5.77. The number of aryl methyl sites for hydroxylation is 1. The second kappa shape index (κ2) is 6.25. The maximum Gasteiger partial charge on any atom is 0.296 e. The Morgan fingerprint density at radius 3 is 2.91 bits per heavy atom. The van der Waals surface area contributed by atoms with E-state index >= 15 is 0 Å². The first kappa shape index (κ1) is 14.7. The Morgan fingerprint density at radius 2 is 2.18 bits per heavy atom. The number of hydrogen-bond donors (Lipinski definition) is 1. The first-order valence-electron chi connectivity index (χ1n) is 6.52. The van der Waals surface area contributed by atoms with E-state index in [0.717, 1.165) is 11.3 Å². The summed E-state index contributed by atoms with van der Waals surface area (Å²) in [6, 6.07) is 8.92. The van der Waals surface area contributed by atoms with Crippen LogP contribution in [0.1, 0.15) is 23.2 Å². The molecular formula is C14H11ClN4O2S. The molecule has 1 amide bonds. The lowest BCUT2D eigenvalue weighted by atomic mass is 10.2. The normalized spacial score (nSPS) is 10.6. The lowest BCUT2D eigenvalue weighted by Crippen LogP contribution is -2.10. The van der Waals surface area contributed by atoms with Crippen LogP contribution in [0.2, 0.25) is 5.02 Å². The van der Waals surface area contributed by atoms with Crippen molar-refractivity contribution in [1.29, 1.82) is 0 Å². The van der Waals surface area contributed by atoms with Gasteiger partial charge in [0.2, 0.25) is 10.9 Å². The van der Waals surface area contributed by atoms with E-state index in [1.54, 1.807) is 12.1 Å². The quantitative estimate of drug-likeness (QED) is 0.787. The van der Waals surface area contributed by atoms with E-state index in [4.69, 9.17) is 16.1 Å². The average molecular weight is 335 g/mol. The zero-order valence-corrected chi connectivity index (χ0v) is 13.1. The number of nitrogens with zero attached hydrogens (tertiary/aromatic N) is 3. The summed E-state index contributed by atoms with van der Waals surface area (Å²) < 4.78 is 4.97. The maximum absolute atomic E-state index is 12.0. The first-order chi connectivity index (χ1) is 10.7. The standard InChI is InChI=1S/C14H11ClN4O2S/c1-2-8-7-11(21-19-8)12(20)16-14-18-17-13(22-14)9-5-3-4-6-10(9)15/h3-7H,2H2,1H3,(H,16,18,20). The Kier molecular flexibility index (Phi) is 4.17. The van der Waals surface area contributed by atoms with Gasteiger partial charge in [-0.1, -0.05) is 53.2 Å². The summed E-state index contributed by atoms with van der Waals surface area (Å²) in [7, 11) is 0. The molecule has 0 aliphatic carbocycles. The highest BCUT2D eigenvalue weighted by Gasteiger charge is 2.16. The van der Waals surface area contributed by atoms with Crippen molar-refractivity contribution in [3.05, 3.63) is 46.8 Å². The minimum atomic E-state index is -0.408. The van der Waals surface area contributed by atoms with E-state index in [2.05, 4.69) is 20.7 Å². The molecule has 3 rings (SSSR count). The van der Waals surface area contributed by atoms with Crippen molar-refractivity contribution >= 4 is 34.0 Å². The third kappa shape index (κ3) is 3.00. The Balaban J connectivity index is 1.77. The fourth-order valence-corrected chi connectivity index (χ4v) is 2.82. The molecule has 1 N–H and O–H groups in total. The lowest BCUT2D eigenvalue weighted by Gasteiger charge is -1.97. The van der Waals surface area contributed by atoms with E-state index in [1.165, 1.54) is 11.3 Å². The predicted octanol–water partition coefficient (Wildman–Crippen LogP) is 3.66. The van der Waals surface area contributed by atoms with E-state index in [-0.39, 0.29) is 5.76 Å². The van der Waals surface area contributed by atoms with Crippen LogP contribution in [0.4, 0.5) is 5.13 Å². The zero-order valence-electron chi connectivity index (χ0n) is 11.5. The van der Waals surface area contributed by atoms with Crippen LogP contribution >= 0.6 is 22.9 Å². The SMILES string of the molecule is CCc1cc(C(=O)Nc2nnc(-c3ccccc3Cl)s2)on1. The van der Waals surface area contributed by atoms with Crippen molar-refractivity contribution in [3.63, 3.8) is 0 Å². The summed E-state index contributed by atoms with van der Waals surface area (Å²) in [6.07, 6.45) is 0.701. The molecule has 0 fully saturated rings. The zero-order chi connectivity index (χ0) is 15.5. The number of rotatable bonds is 4. The van der Waals surface area contributed by atoms with Crippen LogP contribution in [0.15, 0.2) is 34.9 Å². The van der Waals surface area contributed by atoms with Crippen LogP contribution in [-0.4, -0.2) is 21.3 Å². The van der Waals surface area contributed by atoms with Gasteiger partial charge in [-0.15, -0.1) is 10.2 Å². The molecule has 0 saturated carbocycles. The molecule has 0 aliphatic heterocycles. The number of carbonyl (C=O) groups is 1. The van der Waals surface area contributed by atoms with Gasteiger partial charge < -0.3 is 4.52 Å². The van der Waals surface area contributed by atoms with Gasteiger partial charge >= 0.3 is 0 Å². The fourth-order valence-electron chi connectivity index (χ4n) is 1.76. The molecular weight excluding hydrogens is 324 g/mol. The highest BCUT2D eigenvalue weighted by molar-refractivity contribution is 7.18. The Bertz CT molecular complexity index is 815. The Hall–Kier alpha value is -2.25. The van der Waals surface area contributed by atoms with Crippen LogP contribution in [0, 0.1) is 0 Å². The summed E-state index contributed by atoms with van der Waals surface area (Å²) in [5.41, 5.74) is 1.49. The van der Waals surface area contributed by atoms with Gasteiger partial charge in [0.15, 0.2) is 5.01 Å². The van der Waals surface area contributed by atoms with Crippen LogP contribution in [0.5, 0.6) is 0 Å². The van der Waals surface area contributed by atoms with Gasteiger partial charge in [-0.25, -0.2) is 0 Å². The molecule has 0 unspecified atom stereocenters. The number of anilines is 1. The minimum absolute atomic E-state index is 0.145. The highest BCUT2D eigenvalue weighted by atomic mass is 35.5. The Morgan fingerprint density at radius 1 is 1.36 bits per heavy atom. The summed E-state index contributed by atoms with van der Waals surface area (Å²) >= 11 is 7.35. The monoisotopic (exact) mass is 334 g/mol. The molecule has 2 heterocycles.